The van der Waals surface area contributed by atoms with Crippen LogP contribution in [-0.4, -0.2) is 63.3 Å². The largest absolute Gasteiger partial charge is 0.379 e. The molecule has 1 aromatic carbocycles. The van der Waals surface area contributed by atoms with Crippen LogP contribution in [-0.2, 0) is 4.74 Å². The molecule has 1 saturated heterocycles. The van der Waals surface area contributed by atoms with Gasteiger partial charge in [0.1, 0.15) is 0 Å². The maximum Gasteiger partial charge on any atom is 0.191 e. The minimum absolute atomic E-state index is 0. The number of ether oxygens (including phenoxy) is 1. The standard InChI is InChI=1S/C19H32N4O.HI/c1-4-20-19(21-9-10-23-11-13-24-14-12-23)22-15-17(3)18-7-5-16(2)6-8-18;/h5-8,17H,4,9-15H2,1-3H3,(H2,20,21,22);1H. The van der Waals surface area contributed by atoms with Gasteiger partial charge in [-0.3, -0.25) is 9.89 Å². The van der Waals surface area contributed by atoms with Crippen molar-refractivity contribution < 1.29 is 4.74 Å². The van der Waals surface area contributed by atoms with Crippen LogP contribution in [0, 0.1) is 6.92 Å². The van der Waals surface area contributed by atoms with Gasteiger partial charge in [0.15, 0.2) is 5.96 Å². The molecule has 1 aliphatic heterocycles. The molecule has 0 aromatic heterocycles. The SMILES string of the molecule is CCNC(=NCC(C)c1ccc(C)cc1)NCCN1CCOCC1.I. The first kappa shape index (κ1) is 22.2. The molecule has 1 aliphatic rings. The zero-order chi connectivity index (χ0) is 17.2. The molecule has 0 radical (unpaired) electrons. The molecule has 0 bridgehead atoms. The number of nitrogens with one attached hydrogen (secondary N) is 2. The quantitative estimate of drug-likeness (QED) is 0.373. The number of rotatable bonds is 7. The Hall–Kier alpha value is -0.860. The Bertz CT molecular complexity index is 501. The monoisotopic (exact) mass is 460 g/mol. The maximum absolute atomic E-state index is 5.38. The highest BCUT2D eigenvalue weighted by Crippen LogP contribution is 2.15. The number of benzene rings is 1. The van der Waals surface area contributed by atoms with E-state index in [1.165, 1.54) is 11.1 Å². The van der Waals surface area contributed by atoms with Gasteiger partial charge >= 0.3 is 0 Å². The summed E-state index contributed by atoms with van der Waals surface area (Å²) in [5.74, 6) is 1.32. The molecule has 25 heavy (non-hydrogen) atoms. The second kappa shape index (κ2) is 12.5. The van der Waals surface area contributed by atoms with Gasteiger partial charge in [0, 0.05) is 45.2 Å². The Labute approximate surface area is 169 Å². The molecule has 2 rings (SSSR count). The number of hydrogen-bond acceptors (Lipinski definition) is 3. The average Bonchev–Trinajstić information content (AvgIpc) is 2.61. The first-order valence-electron chi connectivity index (χ1n) is 9.08. The van der Waals surface area contributed by atoms with Gasteiger partial charge < -0.3 is 15.4 Å². The molecular formula is C19H33IN4O. The molecule has 1 fully saturated rings. The van der Waals surface area contributed by atoms with Crippen molar-refractivity contribution in [3.8, 4) is 0 Å². The van der Waals surface area contributed by atoms with Crippen molar-refractivity contribution in [2.75, 3.05) is 52.5 Å². The predicted molar refractivity (Wildman–Crippen MR) is 116 cm³/mol. The molecule has 1 heterocycles. The van der Waals surface area contributed by atoms with Crippen LogP contribution >= 0.6 is 24.0 Å². The van der Waals surface area contributed by atoms with Crippen molar-refractivity contribution in [1.82, 2.24) is 15.5 Å². The average molecular weight is 460 g/mol. The van der Waals surface area contributed by atoms with Crippen LogP contribution in [0.5, 0.6) is 0 Å². The maximum atomic E-state index is 5.38. The molecule has 1 atom stereocenters. The third kappa shape index (κ3) is 8.37. The van der Waals surface area contributed by atoms with E-state index in [0.29, 0.717) is 5.92 Å². The van der Waals surface area contributed by atoms with Crippen LogP contribution < -0.4 is 10.6 Å². The smallest absolute Gasteiger partial charge is 0.191 e. The predicted octanol–water partition coefficient (Wildman–Crippen LogP) is 2.60. The topological polar surface area (TPSA) is 48.9 Å². The number of aliphatic imine (C=N–C) groups is 1. The first-order chi connectivity index (χ1) is 11.7. The summed E-state index contributed by atoms with van der Waals surface area (Å²) in [5, 5.41) is 6.77. The van der Waals surface area contributed by atoms with E-state index in [0.717, 1.165) is 58.4 Å². The molecule has 142 valence electrons. The minimum atomic E-state index is 0. The molecular weight excluding hydrogens is 427 g/mol. The molecule has 5 nitrogen and oxygen atoms in total. The molecule has 0 saturated carbocycles. The molecule has 6 heteroatoms. The summed E-state index contributed by atoms with van der Waals surface area (Å²) in [6, 6.07) is 8.74. The second-order valence-corrected chi connectivity index (χ2v) is 6.41. The molecule has 1 unspecified atom stereocenters. The Kier molecular flexibility index (Phi) is 11.1. The summed E-state index contributed by atoms with van der Waals surface area (Å²) < 4.78 is 5.38. The van der Waals surface area contributed by atoms with E-state index < -0.39 is 0 Å². The van der Waals surface area contributed by atoms with Gasteiger partial charge in [0.25, 0.3) is 0 Å². The lowest BCUT2D eigenvalue weighted by atomic mass is 10.0. The minimum Gasteiger partial charge on any atom is -0.379 e. The fourth-order valence-electron chi connectivity index (χ4n) is 2.73. The fourth-order valence-corrected chi connectivity index (χ4v) is 2.73. The van der Waals surface area contributed by atoms with Gasteiger partial charge in [0.05, 0.1) is 13.2 Å². The van der Waals surface area contributed by atoms with Gasteiger partial charge in [0.2, 0.25) is 0 Å². The van der Waals surface area contributed by atoms with E-state index in [1.54, 1.807) is 0 Å². The first-order valence-corrected chi connectivity index (χ1v) is 9.08. The Morgan fingerprint density at radius 2 is 1.88 bits per heavy atom. The highest BCUT2D eigenvalue weighted by atomic mass is 127. The van der Waals surface area contributed by atoms with E-state index >= 15 is 0 Å². The zero-order valence-electron chi connectivity index (χ0n) is 15.8. The number of halogens is 1. The molecule has 0 spiro atoms. The number of morpholine rings is 1. The van der Waals surface area contributed by atoms with Gasteiger partial charge in [-0.05, 0) is 19.4 Å². The van der Waals surface area contributed by atoms with Crippen LogP contribution in [0.15, 0.2) is 29.3 Å². The van der Waals surface area contributed by atoms with Crippen LogP contribution in [0.4, 0.5) is 0 Å². The summed E-state index contributed by atoms with van der Waals surface area (Å²) >= 11 is 0. The number of hydrogen-bond donors (Lipinski definition) is 2. The number of nitrogens with zero attached hydrogens (tertiary/aromatic N) is 2. The van der Waals surface area contributed by atoms with Crippen molar-refractivity contribution in [2.45, 2.75) is 26.7 Å². The van der Waals surface area contributed by atoms with Gasteiger partial charge in [-0.15, -0.1) is 24.0 Å². The van der Waals surface area contributed by atoms with E-state index in [1.807, 2.05) is 0 Å². The van der Waals surface area contributed by atoms with E-state index in [2.05, 4.69) is 60.6 Å². The molecule has 0 amide bonds. The van der Waals surface area contributed by atoms with Gasteiger partial charge in [-0.1, -0.05) is 36.8 Å². The van der Waals surface area contributed by atoms with E-state index in [-0.39, 0.29) is 24.0 Å². The third-order valence-corrected chi connectivity index (χ3v) is 4.34. The van der Waals surface area contributed by atoms with Crippen molar-refractivity contribution in [2.24, 2.45) is 4.99 Å². The molecule has 1 aromatic rings. The highest BCUT2D eigenvalue weighted by Gasteiger charge is 2.10. The number of aryl methyl sites for hydroxylation is 1. The summed E-state index contributed by atoms with van der Waals surface area (Å²) in [6.07, 6.45) is 0. The van der Waals surface area contributed by atoms with Crippen molar-refractivity contribution >= 4 is 29.9 Å². The fraction of sp³-hybridized carbons (Fsp3) is 0.632. The zero-order valence-corrected chi connectivity index (χ0v) is 18.1. The summed E-state index contributed by atoms with van der Waals surface area (Å²) in [4.78, 5) is 7.17. The summed E-state index contributed by atoms with van der Waals surface area (Å²) in [7, 11) is 0. The Morgan fingerprint density at radius 1 is 1.20 bits per heavy atom. The van der Waals surface area contributed by atoms with E-state index in [9.17, 15) is 0 Å². The van der Waals surface area contributed by atoms with Crippen molar-refractivity contribution in [3.05, 3.63) is 35.4 Å². The lowest BCUT2D eigenvalue weighted by molar-refractivity contribution is 0.0389. The second-order valence-electron chi connectivity index (χ2n) is 6.41. The van der Waals surface area contributed by atoms with Gasteiger partial charge in [-0.25, -0.2) is 0 Å². The number of guanidine groups is 1. The van der Waals surface area contributed by atoms with Gasteiger partial charge in [-0.2, -0.15) is 0 Å². The van der Waals surface area contributed by atoms with E-state index in [4.69, 9.17) is 9.73 Å². The van der Waals surface area contributed by atoms with Crippen LogP contribution in [0.25, 0.3) is 0 Å². The summed E-state index contributed by atoms with van der Waals surface area (Å²) in [6.45, 7) is 13.8. The molecule has 0 aliphatic carbocycles. The van der Waals surface area contributed by atoms with Crippen molar-refractivity contribution in [1.29, 1.82) is 0 Å². The molecule has 2 N–H and O–H groups in total. The lowest BCUT2D eigenvalue weighted by Gasteiger charge is -2.26. The van der Waals surface area contributed by atoms with Crippen LogP contribution in [0.3, 0.4) is 0 Å². The lowest BCUT2D eigenvalue weighted by Crippen LogP contribution is -2.44. The van der Waals surface area contributed by atoms with Crippen LogP contribution in [0.2, 0.25) is 0 Å². The normalized spacial score (nSPS) is 16.8. The highest BCUT2D eigenvalue weighted by molar-refractivity contribution is 14.0. The summed E-state index contributed by atoms with van der Waals surface area (Å²) in [5.41, 5.74) is 2.64. The van der Waals surface area contributed by atoms with Crippen molar-refractivity contribution in [3.63, 3.8) is 0 Å². The Balaban J connectivity index is 0.00000312. The van der Waals surface area contributed by atoms with Crippen LogP contribution in [0.1, 0.15) is 30.9 Å². The Morgan fingerprint density at radius 3 is 2.52 bits per heavy atom. The third-order valence-electron chi connectivity index (χ3n) is 4.34.